The average Bonchev–Trinajstić information content (AvgIpc) is 1.95. The quantitative estimate of drug-likeness (QED) is 0.677. The smallest absolute Gasteiger partial charge is 0.136 e. The second-order valence-corrected chi connectivity index (χ2v) is 6.43. The van der Waals surface area contributed by atoms with Gasteiger partial charge < -0.3 is 10.8 Å². The van der Waals surface area contributed by atoms with Crippen molar-refractivity contribution in [2.75, 3.05) is 0 Å². The molecule has 0 spiro atoms. The minimum atomic E-state index is -0.639. The third kappa shape index (κ3) is 1.23. The molecule has 4 saturated carbocycles. The molecule has 0 amide bonds. The van der Waals surface area contributed by atoms with Crippen LogP contribution in [-0.2, 0) is 4.79 Å². The molecule has 4 bridgehead atoms. The van der Waals surface area contributed by atoms with E-state index in [0.717, 1.165) is 25.7 Å². The Hall–Kier alpha value is -0.410. The van der Waals surface area contributed by atoms with E-state index in [9.17, 15) is 9.90 Å². The van der Waals surface area contributed by atoms with Gasteiger partial charge in [-0.1, -0.05) is 0 Å². The summed E-state index contributed by atoms with van der Waals surface area (Å²) >= 11 is 0. The van der Waals surface area contributed by atoms with E-state index in [2.05, 4.69) is 0 Å². The Morgan fingerprint density at radius 2 is 2.00 bits per heavy atom. The molecule has 0 saturated heterocycles. The van der Waals surface area contributed by atoms with Gasteiger partial charge in [0.2, 0.25) is 0 Å². The first-order chi connectivity index (χ1) is 6.85. The predicted molar refractivity (Wildman–Crippen MR) is 56.2 cm³/mol. The molecule has 0 aromatic heterocycles. The normalized spacial score (nSPS) is 57.1. The van der Waals surface area contributed by atoms with Gasteiger partial charge in [-0.2, -0.15) is 0 Å². The molecular formula is C12H19NO2. The molecule has 4 fully saturated rings. The Kier molecular flexibility index (Phi) is 1.61. The first kappa shape index (κ1) is 9.79. The molecule has 3 heteroatoms. The SMILES string of the molecule is CC(=O)C12CC3CC(N)(CC(O)(C3)C1)C2. The number of nitrogens with two attached hydrogens (primary N) is 1. The Bertz CT molecular complexity index is 321. The van der Waals surface area contributed by atoms with Crippen molar-refractivity contribution in [3.63, 3.8) is 0 Å². The minimum Gasteiger partial charge on any atom is -0.390 e. The fraction of sp³-hybridized carbons (Fsp3) is 0.917. The Balaban J connectivity index is 2.05. The van der Waals surface area contributed by atoms with Crippen LogP contribution in [0, 0.1) is 11.3 Å². The van der Waals surface area contributed by atoms with E-state index in [0.29, 0.717) is 18.8 Å². The van der Waals surface area contributed by atoms with E-state index < -0.39 is 5.60 Å². The third-order valence-electron chi connectivity index (χ3n) is 4.83. The van der Waals surface area contributed by atoms with Gasteiger partial charge >= 0.3 is 0 Å². The number of hydrogen-bond acceptors (Lipinski definition) is 3. The fourth-order valence-corrected chi connectivity index (χ4v) is 4.85. The summed E-state index contributed by atoms with van der Waals surface area (Å²) in [5, 5.41) is 10.4. The summed E-state index contributed by atoms with van der Waals surface area (Å²) in [5.74, 6) is 0.708. The average molecular weight is 209 g/mol. The molecule has 3 N–H and O–H groups in total. The standard InChI is InChI=1S/C12H19NO2/c1-8(14)10-2-9-3-11(13,5-10)7-12(15,4-9)6-10/h9,15H,2-7,13H2,1H3. The largest absolute Gasteiger partial charge is 0.390 e. The number of rotatable bonds is 1. The van der Waals surface area contributed by atoms with Crippen LogP contribution in [0.4, 0.5) is 0 Å². The van der Waals surface area contributed by atoms with E-state index in [1.54, 1.807) is 6.92 Å². The molecule has 84 valence electrons. The number of Topliss-reactive ketones (excluding diaryl/α,β-unsaturated/α-hetero) is 1. The maximum Gasteiger partial charge on any atom is 0.136 e. The zero-order valence-electron chi connectivity index (χ0n) is 9.25. The topological polar surface area (TPSA) is 63.3 Å². The molecule has 0 radical (unpaired) electrons. The van der Waals surface area contributed by atoms with Gasteiger partial charge in [0.15, 0.2) is 0 Å². The van der Waals surface area contributed by atoms with Crippen LogP contribution < -0.4 is 5.73 Å². The van der Waals surface area contributed by atoms with Crippen LogP contribution in [0.3, 0.4) is 0 Å². The lowest BCUT2D eigenvalue weighted by atomic mass is 9.44. The lowest BCUT2D eigenvalue weighted by Crippen LogP contribution is -2.67. The second kappa shape index (κ2) is 2.46. The van der Waals surface area contributed by atoms with Gasteiger partial charge in [0.05, 0.1) is 5.60 Å². The fourth-order valence-electron chi connectivity index (χ4n) is 4.85. The van der Waals surface area contributed by atoms with Crippen LogP contribution in [-0.4, -0.2) is 22.0 Å². The zero-order valence-corrected chi connectivity index (χ0v) is 9.25. The molecule has 4 aliphatic carbocycles. The lowest BCUT2D eigenvalue weighted by Gasteiger charge is -2.63. The number of carbonyl (C=O) groups is 1. The van der Waals surface area contributed by atoms with Crippen molar-refractivity contribution in [3.8, 4) is 0 Å². The van der Waals surface area contributed by atoms with Crippen LogP contribution in [0.5, 0.6) is 0 Å². The van der Waals surface area contributed by atoms with E-state index in [-0.39, 0.29) is 16.7 Å². The minimum absolute atomic E-state index is 0.236. The Labute approximate surface area is 90.0 Å². The summed E-state index contributed by atoms with van der Waals surface area (Å²) in [4.78, 5) is 11.8. The third-order valence-corrected chi connectivity index (χ3v) is 4.83. The van der Waals surface area contributed by atoms with Crippen LogP contribution in [0.15, 0.2) is 0 Å². The Morgan fingerprint density at radius 3 is 2.53 bits per heavy atom. The van der Waals surface area contributed by atoms with Crippen molar-refractivity contribution < 1.29 is 9.90 Å². The molecule has 15 heavy (non-hydrogen) atoms. The molecule has 4 aliphatic rings. The molecule has 4 atom stereocenters. The highest BCUT2D eigenvalue weighted by Gasteiger charge is 2.63. The van der Waals surface area contributed by atoms with Gasteiger partial charge in [-0.05, 0) is 51.4 Å². The van der Waals surface area contributed by atoms with Crippen LogP contribution >= 0.6 is 0 Å². The zero-order chi connectivity index (χ0) is 10.9. The van der Waals surface area contributed by atoms with E-state index >= 15 is 0 Å². The van der Waals surface area contributed by atoms with Crippen molar-refractivity contribution in [3.05, 3.63) is 0 Å². The van der Waals surface area contributed by atoms with Crippen LogP contribution in [0.1, 0.15) is 45.4 Å². The van der Waals surface area contributed by atoms with Crippen molar-refractivity contribution in [1.29, 1.82) is 0 Å². The van der Waals surface area contributed by atoms with Crippen LogP contribution in [0.25, 0.3) is 0 Å². The molecule has 0 aromatic rings. The van der Waals surface area contributed by atoms with Crippen molar-refractivity contribution in [2.45, 2.75) is 56.6 Å². The number of aliphatic hydroxyl groups is 1. The number of ketones is 1. The summed E-state index contributed by atoms with van der Waals surface area (Å²) < 4.78 is 0. The second-order valence-electron chi connectivity index (χ2n) is 6.43. The van der Waals surface area contributed by atoms with Gasteiger partial charge in [-0.15, -0.1) is 0 Å². The molecule has 0 aromatic carbocycles. The molecule has 4 unspecified atom stereocenters. The van der Waals surface area contributed by atoms with E-state index in [4.69, 9.17) is 5.73 Å². The molecule has 3 nitrogen and oxygen atoms in total. The highest BCUT2D eigenvalue weighted by Crippen LogP contribution is 2.62. The van der Waals surface area contributed by atoms with E-state index in [1.807, 2.05) is 0 Å². The first-order valence-electron chi connectivity index (χ1n) is 5.87. The summed E-state index contributed by atoms with van der Waals surface area (Å²) in [5.41, 5.74) is 5.12. The van der Waals surface area contributed by atoms with Crippen molar-refractivity contribution in [2.24, 2.45) is 17.1 Å². The molecule has 0 heterocycles. The highest BCUT2D eigenvalue weighted by molar-refractivity contribution is 5.83. The van der Waals surface area contributed by atoms with Gasteiger partial charge in [-0.25, -0.2) is 0 Å². The van der Waals surface area contributed by atoms with Gasteiger partial charge in [0.25, 0.3) is 0 Å². The monoisotopic (exact) mass is 209 g/mol. The predicted octanol–water partition coefficient (Wildman–Crippen LogP) is 0.988. The van der Waals surface area contributed by atoms with Crippen LogP contribution in [0.2, 0.25) is 0 Å². The van der Waals surface area contributed by atoms with Gasteiger partial charge in [0, 0.05) is 11.0 Å². The first-order valence-corrected chi connectivity index (χ1v) is 5.87. The van der Waals surface area contributed by atoms with Gasteiger partial charge in [0.1, 0.15) is 5.78 Å². The number of carbonyl (C=O) groups excluding carboxylic acids is 1. The van der Waals surface area contributed by atoms with Crippen molar-refractivity contribution >= 4 is 5.78 Å². The summed E-state index contributed by atoms with van der Waals surface area (Å²) in [6.45, 7) is 1.67. The molecule has 0 aliphatic heterocycles. The van der Waals surface area contributed by atoms with E-state index in [1.165, 1.54) is 0 Å². The van der Waals surface area contributed by atoms with Gasteiger partial charge in [-0.3, -0.25) is 4.79 Å². The maximum absolute atomic E-state index is 11.8. The maximum atomic E-state index is 11.8. The van der Waals surface area contributed by atoms with Crippen molar-refractivity contribution in [1.82, 2.24) is 0 Å². The summed E-state index contributed by atoms with van der Waals surface area (Å²) in [6, 6.07) is 0. The highest BCUT2D eigenvalue weighted by atomic mass is 16.3. The molecule has 4 rings (SSSR count). The summed E-state index contributed by atoms with van der Waals surface area (Å²) in [7, 11) is 0. The molecular weight excluding hydrogens is 190 g/mol. The Morgan fingerprint density at radius 1 is 1.27 bits per heavy atom. The number of hydrogen-bond donors (Lipinski definition) is 2. The lowest BCUT2D eigenvalue weighted by molar-refractivity contribution is -0.180. The summed E-state index contributed by atoms with van der Waals surface area (Å²) in [6.07, 6.45) is 4.99.